The maximum atomic E-state index is 12.6. The monoisotopic (exact) mass is 376 g/mol. The zero-order chi connectivity index (χ0) is 18.7. The van der Waals surface area contributed by atoms with E-state index in [1.807, 2.05) is 4.90 Å². The van der Waals surface area contributed by atoms with Crippen molar-refractivity contribution in [3.8, 4) is 0 Å². The number of carbonyl (C=O) groups excluding carboxylic acids is 2. The Morgan fingerprint density at radius 1 is 0.852 bits per heavy atom. The van der Waals surface area contributed by atoms with E-state index in [2.05, 4.69) is 4.90 Å². The van der Waals surface area contributed by atoms with Gasteiger partial charge in [0.2, 0.25) is 11.8 Å². The number of likely N-dealkylation sites (tertiary alicyclic amines) is 1. The van der Waals surface area contributed by atoms with E-state index in [9.17, 15) is 9.59 Å². The van der Waals surface area contributed by atoms with Gasteiger partial charge in [0, 0.05) is 39.0 Å². The van der Waals surface area contributed by atoms with Gasteiger partial charge in [-0.2, -0.15) is 0 Å². The summed E-state index contributed by atoms with van der Waals surface area (Å²) in [5.41, 5.74) is 0.337. The van der Waals surface area contributed by atoms with E-state index in [-0.39, 0.29) is 0 Å². The highest BCUT2D eigenvalue weighted by molar-refractivity contribution is 5.77. The molecule has 2 saturated heterocycles. The molecule has 1 atom stereocenters. The second-order valence-electron chi connectivity index (χ2n) is 9.37. The highest BCUT2D eigenvalue weighted by atomic mass is 16.5. The number of amides is 2. The first kappa shape index (κ1) is 19.2. The fourth-order valence-corrected chi connectivity index (χ4v) is 5.87. The SMILES string of the molecule is O=C(CCC1CCCC1)N1CCC2(CCC2CC(=O)N2CCOCC2)CC1. The molecule has 0 aromatic rings. The van der Waals surface area contributed by atoms with Crippen LogP contribution in [0.2, 0.25) is 0 Å². The van der Waals surface area contributed by atoms with Crippen molar-refractivity contribution in [3.05, 3.63) is 0 Å². The third kappa shape index (κ3) is 4.33. The minimum atomic E-state index is 0.317. The van der Waals surface area contributed by atoms with Gasteiger partial charge in [-0.05, 0) is 49.4 Å². The zero-order valence-corrected chi connectivity index (χ0v) is 16.8. The van der Waals surface area contributed by atoms with Crippen LogP contribution in [0.3, 0.4) is 0 Å². The van der Waals surface area contributed by atoms with Crippen LogP contribution in [0.25, 0.3) is 0 Å². The van der Waals surface area contributed by atoms with Crippen molar-refractivity contribution in [1.29, 1.82) is 0 Å². The maximum absolute atomic E-state index is 12.6. The highest BCUT2D eigenvalue weighted by Gasteiger charge is 2.49. The van der Waals surface area contributed by atoms with Crippen LogP contribution in [0.15, 0.2) is 0 Å². The van der Waals surface area contributed by atoms with E-state index in [4.69, 9.17) is 4.74 Å². The first-order chi connectivity index (χ1) is 13.2. The lowest BCUT2D eigenvalue weighted by Crippen LogP contribution is -2.52. The lowest BCUT2D eigenvalue weighted by Gasteiger charge is -2.54. The van der Waals surface area contributed by atoms with Crippen molar-refractivity contribution in [3.63, 3.8) is 0 Å². The number of rotatable bonds is 5. The maximum Gasteiger partial charge on any atom is 0.223 e. The molecule has 0 N–H and O–H groups in total. The van der Waals surface area contributed by atoms with Gasteiger partial charge in [-0.3, -0.25) is 9.59 Å². The first-order valence-electron chi connectivity index (χ1n) is 11.3. The third-order valence-electron chi connectivity index (χ3n) is 7.99. The molecular formula is C22H36N2O3. The van der Waals surface area contributed by atoms with Gasteiger partial charge in [-0.25, -0.2) is 0 Å². The zero-order valence-electron chi connectivity index (χ0n) is 16.8. The van der Waals surface area contributed by atoms with E-state index in [0.717, 1.165) is 57.8 Å². The van der Waals surface area contributed by atoms with Gasteiger partial charge in [0.05, 0.1) is 13.2 Å². The summed E-state index contributed by atoms with van der Waals surface area (Å²) in [5.74, 6) is 2.02. The summed E-state index contributed by atoms with van der Waals surface area (Å²) in [6.45, 7) is 4.68. The molecule has 1 unspecified atom stereocenters. The quantitative estimate of drug-likeness (QED) is 0.740. The second kappa shape index (κ2) is 8.50. The molecule has 2 aliphatic carbocycles. The number of hydrogen-bond acceptors (Lipinski definition) is 3. The molecule has 1 spiro atoms. The Hall–Kier alpha value is -1.10. The average molecular weight is 377 g/mol. The molecule has 4 fully saturated rings. The molecule has 4 aliphatic rings. The first-order valence-corrected chi connectivity index (χ1v) is 11.3. The topological polar surface area (TPSA) is 49.9 Å². The summed E-state index contributed by atoms with van der Waals surface area (Å²) in [4.78, 5) is 29.3. The number of piperidine rings is 1. The molecule has 0 aromatic carbocycles. The normalized spacial score (nSPS) is 28.4. The Labute approximate surface area is 163 Å². The highest BCUT2D eigenvalue weighted by Crippen LogP contribution is 2.55. The van der Waals surface area contributed by atoms with Gasteiger partial charge in [0.15, 0.2) is 0 Å². The lowest BCUT2D eigenvalue weighted by molar-refractivity contribution is -0.144. The number of nitrogens with zero attached hydrogens (tertiary/aromatic N) is 2. The molecule has 0 aromatic heterocycles. The van der Waals surface area contributed by atoms with E-state index >= 15 is 0 Å². The number of hydrogen-bond donors (Lipinski definition) is 0. The largest absolute Gasteiger partial charge is 0.378 e. The molecule has 2 amide bonds. The molecule has 4 rings (SSSR count). The molecule has 2 heterocycles. The van der Waals surface area contributed by atoms with Crippen molar-refractivity contribution in [2.45, 2.75) is 70.6 Å². The summed E-state index contributed by atoms with van der Waals surface area (Å²) in [6, 6.07) is 0. The van der Waals surface area contributed by atoms with Gasteiger partial charge in [0.1, 0.15) is 0 Å². The minimum Gasteiger partial charge on any atom is -0.378 e. The van der Waals surface area contributed by atoms with E-state index in [1.54, 1.807) is 0 Å². The van der Waals surface area contributed by atoms with Gasteiger partial charge < -0.3 is 14.5 Å². The summed E-state index contributed by atoms with van der Waals surface area (Å²) >= 11 is 0. The van der Waals surface area contributed by atoms with E-state index in [0.29, 0.717) is 42.8 Å². The van der Waals surface area contributed by atoms with Crippen LogP contribution in [-0.4, -0.2) is 61.0 Å². The van der Waals surface area contributed by atoms with Crippen LogP contribution < -0.4 is 0 Å². The van der Waals surface area contributed by atoms with Gasteiger partial charge >= 0.3 is 0 Å². The molecule has 2 saturated carbocycles. The second-order valence-corrected chi connectivity index (χ2v) is 9.37. The van der Waals surface area contributed by atoms with Crippen molar-refractivity contribution >= 4 is 11.8 Å². The van der Waals surface area contributed by atoms with Crippen molar-refractivity contribution in [2.24, 2.45) is 17.3 Å². The predicted octanol–water partition coefficient (Wildman–Crippen LogP) is 3.22. The smallest absolute Gasteiger partial charge is 0.223 e. The van der Waals surface area contributed by atoms with Crippen LogP contribution in [0.4, 0.5) is 0 Å². The molecule has 27 heavy (non-hydrogen) atoms. The predicted molar refractivity (Wildman–Crippen MR) is 104 cm³/mol. The van der Waals surface area contributed by atoms with Crippen LogP contribution >= 0.6 is 0 Å². The average Bonchev–Trinajstić information content (AvgIpc) is 3.23. The fourth-order valence-electron chi connectivity index (χ4n) is 5.87. The summed E-state index contributed by atoms with van der Waals surface area (Å²) in [6.07, 6.45) is 12.6. The van der Waals surface area contributed by atoms with Crippen molar-refractivity contribution < 1.29 is 14.3 Å². The lowest BCUT2D eigenvalue weighted by atomic mass is 9.54. The fraction of sp³-hybridized carbons (Fsp3) is 0.909. The standard InChI is InChI=1S/C22H36N2O3/c25-20(6-5-18-3-1-2-4-18)23-11-9-22(10-12-23)8-7-19(22)17-21(26)24-13-15-27-16-14-24/h18-19H,1-17H2. The van der Waals surface area contributed by atoms with Gasteiger partial charge in [-0.1, -0.05) is 25.7 Å². The van der Waals surface area contributed by atoms with Crippen molar-refractivity contribution in [2.75, 3.05) is 39.4 Å². The Kier molecular flexibility index (Phi) is 6.05. The Balaban J connectivity index is 1.21. The molecule has 0 bridgehead atoms. The summed E-state index contributed by atoms with van der Waals surface area (Å²) in [7, 11) is 0. The van der Waals surface area contributed by atoms with Crippen LogP contribution in [0.1, 0.15) is 70.6 Å². The Bertz CT molecular complexity index is 530. The van der Waals surface area contributed by atoms with Crippen molar-refractivity contribution in [1.82, 2.24) is 9.80 Å². The molecule has 0 radical (unpaired) electrons. The summed E-state index contributed by atoms with van der Waals surface area (Å²) < 4.78 is 5.36. The van der Waals surface area contributed by atoms with Crippen LogP contribution in [0, 0.1) is 17.3 Å². The molecule has 152 valence electrons. The number of carbonyl (C=O) groups is 2. The van der Waals surface area contributed by atoms with Crippen LogP contribution in [0.5, 0.6) is 0 Å². The van der Waals surface area contributed by atoms with Gasteiger partial charge in [0.25, 0.3) is 0 Å². The minimum absolute atomic E-state index is 0.317. The molecular weight excluding hydrogens is 340 g/mol. The Morgan fingerprint density at radius 2 is 1.52 bits per heavy atom. The third-order valence-corrected chi connectivity index (χ3v) is 7.99. The molecule has 2 aliphatic heterocycles. The molecule has 5 nitrogen and oxygen atoms in total. The Morgan fingerprint density at radius 3 is 2.15 bits per heavy atom. The van der Waals surface area contributed by atoms with E-state index < -0.39 is 0 Å². The van der Waals surface area contributed by atoms with Crippen LogP contribution in [-0.2, 0) is 14.3 Å². The molecule has 5 heteroatoms. The number of ether oxygens (including phenoxy) is 1. The van der Waals surface area contributed by atoms with E-state index in [1.165, 1.54) is 38.5 Å². The number of morpholine rings is 1. The van der Waals surface area contributed by atoms with Gasteiger partial charge in [-0.15, -0.1) is 0 Å². The summed E-state index contributed by atoms with van der Waals surface area (Å²) in [5, 5.41) is 0.